The molecule has 4 aliphatic rings. The van der Waals surface area contributed by atoms with E-state index in [-0.39, 0.29) is 16.4 Å². The lowest BCUT2D eigenvalue weighted by Gasteiger charge is -2.55. The van der Waals surface area contributed by atoms with Crippen LogP contribution in [0.3, 0.4) is 0 Å². The Labute approximate surface area is 177 Å². The third-order valence-corrected chi connectivity index (χ3v) is 13.7. The number of ketones is 2. The van der Waals surface area contributed by atoms with Gasteiger partial charge in [0.15, 0.2) is 0 Å². The molecule has 5 atom stereocenters. The summed E-state index contributed by atoms with van der Waals surface area (Å²) in [5.41, 5.74) is 0.903. The number of fused-ring (bicyclic) bond motifs is 5. The molecule has 3 saturated carbocycles. The van der Waals surface area contributed by atoms with Gasteiger partial charge in [-0.3, -0.25) is 9.59 Å². The van der Waals surface area contributed by atoms with Crippen LogP contribution in [0.15, 0.2) is 23.5 Å². The van der Waals surface area contributed by atoms with Crippen molar-refractivity contribution in [3.05, 3.63) is 23.5 Å². The first kappa shape index (κ1) is 21.1. The largest absolute Gasteiger partial charge is 0.544 e. The van der Waals surface area contributed by atoms with Gasteiger partial charge in [0.25, 0.3) is 0 Å². The second-order valence-electron chi connectivity index (χ2n) is 12.1. The highest BCUT2D eigenvalue weighted by atomic mass is 28.4. The van der Waals surface area contributed by atoms with Gasteiger partial charge in [0.1, 0.15) is 11.6 Å². The number of Topliss-reactive ketones (excluding diaryl/α,β-unsaturated/α-hetero) is 2. The second kappa shape index (κ2) is 6.42. The Bertz CT molecular complexity index is 814. The van der Waals surface area contributed by atoms with E-state index >= 15 is 0 Å². The normalized spacial score (nSPS) is 39.9. The van der Waals surface area contributed by atoms with Crippen molar-refractivity contribution < 1.29 is 14.0 Å². The Kier molecular flexibility index (Phi) is 4.67. The fourth-order valence-corrected chi connectivity index (χ4v) is 7.55. The van der Waals surface area contributed by atoms with Crippen LogP contribution in [0.25, 0.3) is 0 Å². The quantitative estimate of drug-likeness (QED) is 0.504. The average molecular weight is 415 g/mol. The van der Waals surface area contributed by atoms with E-state index < -0.39 is 13.7 Å². The van der Waals surface area contributed by atoms with Crippen LogP contribution < -0.4 is 0 Å². The van der Waals surface area contributed by atoms with Gasteiger partial charge < -0.3 is 4.43 Å². The number of hydrogen-bond acceptors (Lipinski definition) is 3. The maximum atomic E-state index is 13.4. The zero-order chi connectivity index (χ0) is 21.4. The van der Waals surface area contributed by atoms with Crippen molar-refractivity contribution in [2.45, 2.75) is 91.3 Å². The highest BCUT2D eigenvalue weighted by Crippen LogP contribution is 2.63. The molecule has 0 bridgehead atoms. The molecule has 0 aromatic carbocycles. The Balaban J connectivity index is 1.62. The zero-order valence-electron chi connectivity index (χ0n) is 19.4. The molecule has 0 unspecified atom stereocenters. The van der Waals surface area contributed by atoms with Crippen molar-refractivity contribution in [2.75, 3.05) is 0 Å². The minimum Gasteiger partial charge on any atom is -0.544 e. The van der Waals surface area contributed by atoms with Crippen molar-refractivity contribution in [3.8, 4) is 0 Å². The molecular formula is C25H38O3Si. The summed E-state index contributed by atoms with van der Waals surface area (Å²) in [5.74, 6) is 2.51. The molecular weight excluding hydrogens is 376 g/mol. The molecule has 0 aromatic heterocycles. The maximum Gasteiger partial charge on any atom is 0.250 e. The van der Waals surface area contributed by atoms with E-state index in [1.165, 1.54) is 5.57 Å². The molecule has 160 valence electrons. The first-order valence-corrected chi connectivity index (χ1v) is 14.4. The molecule has 0 N–H and O–H groups in total. The molecule has 3 nitrogen and oxygen atoms in total. The molecule has 0 spiro atoms. The van der Waals surface area contributed by atoms with Crippen LogP contribution in [0.2, 0.25) is 18.1 Å². The lowest BCUT2D eigenvalue weighted by molar-refractivity contribution is -0.149. The monoisotopic (exact) mass is 414 g/mol. The Morgan fingerprint density at radius 3 is 2.41 bits per heavy atom. The molecule has 0 amide bonds. The van der Waals surface area contributed by atoms with Gasteiger partial charge in [-0.2, -0.15) is 0 Å². The van der Waals surface area contributed by atoms with Gasteiger partial charge in [-0.25, -0.2) is 0 Å². The molecule has 4 rings (SSSR count). The molecule has 0 saturated heterocycles. The van der Waals surface area contributed by atoms with E-state index in [4.69, 9.17) is 4.43 Å². The van der Waals surface area contributed by atoms with Gasteiger partial charge >= 0.3 is 0 Å². The number of allylic oxidation sites excluding steroid dienone is 3. The summed E-state index contributed by atoms with van der Waals surface area (Å²) in [7, 11) is -1.87. The van der Waals surface area contributed by atoms with Crippen LogP contribution in [-0.4, -0.2) is 19.9 Å². The maximum absolute atomic E-state index is 13.4. The molecule has 0 radical (unpaired) electrons. The van der Waals surface area contributed by atoms with Gasteiger partial charge in [0.2, 0.25) is 8.32 Å². The van der Waals surface area contributed by atoms with E-state index in [0.717, 1.165) is 31.4 Å². The summed E-state index contributed by atoms with van der Waals surface area (Å²) in [6, 6.07) is 0. The van der Waals surface area contributed by atoms with E-state index in [1.54, 1.807) is 0 Å². The topological polar surface area (TPSA) is 43.4 Å². The lowest BCUT2D eigenvalue weighted by atomic mass is 9.47. The van der Waals surface area contributed by atoms with Crippen molar-refractivity contribution in [2.24, 2.45) is 28.6 Å². The highest BCUT2D eigenvalue weighted by Gasteiger charge is 2.62. The SMILES string of the molecule is CC(C)(C)[Si](C)(C)OC1=CC[C@@]2(C)C(=C1)CC[C@@H]1[C@@H]2C(=O)C[C@]2(C)C(=O)CC[C@@H]12. The fraction of sp³-hybridized carbons (Fsp3) is 0.760. The summed E-state index contributed by atoms with van der Waals surface area (Å²) in [5, 5.41) is 0.170. The molecule has 29 heavy (non-hydrogen) atoms. The summed E-state index contributed by atoms with van der Waals surface area (Å²) in [6.07, 6.45) is 9.57. The van der Waals surface area contributed by atoms with Gasteiger partial charge in [-0.1, -0.05) is 40.2 Å². The molecule has 0 heterocycles. The van der Waals surface area contributed by atoms with E-state index in [9.17, 15) is 9.59 Å². The minimum atomic E-state index is -1.87. The molecule has 4 aliphatic carbocycles. The molecule has 0 aromatic rings. The third kappa shape index (κ3) is 3.04. The van der Waals surface area contributed by atoms with E-state index in [0.29, 0.717) is 36.2 Å². The predicted octanol–water partition coefficient (Wildman–Crippen LogP) is 6.21. The van der Waals surface area contributed by atoms with Gasteiger partial charge in [-0.15, -0.1) is 0 Å². The van der Waals surface area contributed by atoms with E-state index in [1.807, 2.05) is 0 Å². The van der Waals surface area contributed by atoms with Crippen molar-refractivity contribution in [1.82, 2.24) is 0 Å². The van der Waals surface area contributed by atoms with Crippen LogP contribution in [0.1, 0.15) is 73.1 Å². The average Bonchev–Trinajstić information content (AvgIpc) is 2.88. The highest BCUT2D eigenvalue weighted by molar-refractivity contribution is 6.74. The van der Waals surface area contributed by atoms with E-state index in [2.05, 4.69) is 59.9 Å². The second-order valence-corrected chi connectivity index (χ2v) is 16.8. The van der Waals surface area contributed by atoms with Crippen LogP contribution in [0.4, 0.5) is 0 Å². The Morgan fingerprint density at radius 1 is 1.07 bits per heavy atom. The van der Waals surface area contributed by atoms with Crippen LogP contribution in [-0.2, 0) is 14.0 Å². The number of rotatable bonds is 2. The summed E-state index contributed by atoms with van der Waals surface area (Å²) >= 11 is 0. The van der Waals surface area contributed by atoms with Crippen molar-refractivity contribution in [1.29, 1.82) is 0 Å². The Morgan fingerprint density at radius 2 is 1.76 bits per heavy atom. The smallest absolute Gasteiger partial charge is 0.250 e. The predicted molar refractivity (Wildman–Crippen MR) is 119 cm³/mol. The standard InChI is InChI=1S/C25H38O3Si/c1-23(2,3)29(6,7)28-17-12-13-24(4)16(14-17)8-9-18-19-10-11-21(27)25(19,5)15-20(26)22(18)24/h12,14,18-19,22H,8-11,13,15H2,1-7H3/t18-,19-,22+,24-,25-/m0/s1. The van der Waals surface area contributed by atoms with Crippen LogP contribution in [0.5, 0.6) is 0 Å². The summed E-state index contributed by atoms with van der Waals surface area (Å²) in [4.78, 5) is 26.0. The van der Waals surface area contributed by atoms with Gasteiger partial charge in [0, 0.05) is 29.6 Å². The number of hydrogen-bond donors (Lipinski definition) is 0. The fourth-order valence-electron chi connectivity index (χ4n) is 6.52. The minimum absolute atomic E-state index is 0.0668. The Hall–Kier alpha value is -1.16. The summed E-state index contributed by atoms with van der Waals surface area (Å²) in [6.45, 7) is 15.8. The first-order chi connectivity index (χ1) is 13.3. The molecule has 3 fully saturated rings. The number of carbonyl (C=O) groups excluding carboxylic acids is 2. The third-order valence-electron chi connectivity index (χ3n) is 9.36. The first-order valence-electron chi connectivity index (χ1n) is 11.5. The van der Waals surface area contributed by atoms with Crippen LogP contribution in [0, 0.1) is 28.6 Å². The molecule has 0 aliphatic heterocycles. The molecule has 4 heteroatoms. The van der Waals surface area contributed by atoms with Gasteiger partial charge in [0.05, 0.1) is 5.76 Å². The van der Waals surface area contributed by atoms with Crippen molar-refractivity contribution in [3.63, 3.8) is 0 Å². The zero-order valence-corrected chi connectivity index (χ0v) is 20.4. The summed E-state index contributed by atoms with van der Waals surface area (Å²) < 4.78 is 6.59. The van der Waals surface area contributed by atoms with Crippen molar-refractivity contribution >= 4 is 19.9 Å². The lowest BCUT2D eigenvalue weighted by Crippen LogP contribution is -2.54. The van der Waals surface area contributed by atoms with Gasteiger partial charge in [-0.05, 0) is 67.8 Å². The number of carbonyl (C=O) groups is 2. The van der Waals surface area contributed by atoms with Crippen LogP contribution >= 0.6 is 0 Å².